The third-order valence-electron chi connectivity index (χ3n) is 3.18. The predicted molar refractivity (Wildman–Crippen MR) is 78.5 cm³/mol. The van der Waals surface area contributed by atoms with Crippen molar-refractivity contribution in [3.63, 3.8) is 0 Å². The van der Waals surface area contributed by atoms with Gasteiger partial charge in [-0.05, 0) is 11.5 Å². The van der Waals surface area contributed by atoms with Crippen molar-refractivity contribution in [3.8, 4) is 0 Å². The van der Waals surface area contributed by atoms with Crippen LogP contribution in [-0.4, -0.2) is 17.4 Å². The highest BCUT2D eigenvalue weighted by Gasteiger charge is 2.17. The van der Waals surface area contributed by atoms with Gasteiger partial charge in [-0.25, -0.2) is 4.98 Å². The molecular formula is C15H18N2OS. The molecular weight excluding hydrogens is 256 g/mol. The summed E-state index contributed by atoms with van der Waals surface area (Å²) in [5, 5.41) is 4.74. The molecule has 1 aromatic carbocycles. The number of amides is 1. The van der Waals surface area contributed by atoms with Gasteiger partial charge in [0.25, 0.3) is 5.91 Å². The number of nitrogens with zero attached hydrogens (tertiary/aromatic N) is 1. The maximum atomic E-state index is 11.9. The molecule has 0 aliphatic rings. The van der Waals surface area contributed by atoms with Gasteiger partial charge in [-0.2, -0.15) is 0 Å². The number of carbonyl (C=O) groups excluding carboxylic acids is 1. The first-order valence-electron chi connectivity index (χ1n) is 6.40. The van der Waals surface area contributed by atoms with Crippen LogP contribution in [-0.2, 0) is 0 Å². The second kappa shape index (κ2) is 6.48. The number of benzene rings is 1. The van der Waals surface area contributed by atoms with Gasteiger partial charge in [0.05, 0.1) is 5.51 Å². The molecule has 1 amide bonds. The summed E-state index contributed by atoms with van der Waals surface area (Å²) in [6, 6.07) is 10.3. The highest BCUT2D eigenvalue weighted by molar-refractivity contribution is 7.07. The van der Waals surface area contributed by atoms with Gasteiger partial charge in [0.15, 0.2) is 0 Å². The van der Waals surface area contributed by atoms with Crippen LogP contribution in [0.3, 0.4) is 0 Å². The molecule has 1 atom stereocenters. The molecule has 0 aliphatic carbocycles. The molecule has 1 N–H and O–H groups in total. The molecule has 2 rings (SSSR count). The third kappa shape index (κ3) is 3.64. The van der Waals surface area contributed by atoms with Gasteiger partial charge < -0.3 is 5.32 Å². The van der Waals surface area contributed by atoms with E-state index in [0.717, 1.165) is 0 Å². The van der Waals surface area contributed by atoms with Crippen LogP contribution in [0.1, 0.15) is 35.8 Å². The molecule has 3 nitrogen and oxygen atoms in total. The molecule has 1 unspecified atom stereocenters. The summed E-state index contributed by atoms with van der Waals surface area (Å²) in [5.41, 5.74) is 3.43. The van der Waals surface area contributed by atoms with Crippen LogP contribution in [0.15, 0.2) is 41.2 Å². The van der Waals surface area contributed by atoms with Crippen molar-refractivity contribution >= 4 is 17.2 Å². The van der Waals surface area contributed by atoms with Gasteiger partial charge in [-0.1, -0.05) is 44.2 Å². The van der Waals surface area contributed by atoms with E-state index in [1.165, 1.54) is 16.9 Å². The minimum Gasteiger partial charge on any atom is -0.350 e. The SMILES string of the molecule is CC(C)C(CNC(=O)c1cscn1)c1ccccc1. The summed E-state index contributed by atoms with van der Waals surface area (Å²) < 4.78 is 0. The van der Waals surface area contributed by atoms with Crippen LogP contribution in [0.25, 0.3) is 0 Å². The zero-order valence-electron chi connectivity index (χ0n) is 11.2. The summed E-state index contributed by atoms with van der Waals surface area (Å²) in [5.74, 6) is 0.699. The highest BCUT2D eigenvalue weighted by atomic mass is 32.1. The largest absolute Gasteiger partial charge is 0.350 e. The van der Waals surface area contributed by atoms with E-state index in [4.69, 9.17) is 0 Å². The van der Waals surface area contributed by atoms with E-state index in [1.807, 2.05) is 18.2 Å². The smallest absolute Gasteiger partial charge is 0.270 e. The number of carbonyl (C=O) groups is 1. The van der Waals surface area contributed by atoms with Gasteiger partial charge in [-0.3, -0.25) is 4.79 Å². The van der Waals surface area contributed by atoms with E-state index in [-0.39, 0.29) is 5.91 Å². The number of rotatable bonds is 5. The van der Waals surface area contributed by atoms with E-state index in [9.17, 15) is 4.79 Å². The van der Waals surface area contributed by atoms with Crippen molar-refractivity contribution in [2.24, 2.45) is 5.92 Å². The van der Waals surface area contributed by atoms with Gasteiger partial charge in [0.2, 0.25) is 0 Å². The Kier molecular flexibility index (Phi) is 4.68. The number of hydrogen-bond donors (Lipinski definition) is 1. The quantitative estimate of drug-likeness (QED) is 0.909. The molecule has 0 radical (unpaired) electrons. The molecule has 2 aromatic rings. The molecule has 0 spiro atoms. The van der Waals surface area contributed by atoms with Gasteiger partial charge >= 0.3 is 0 Å². The summed E-state index contributed by atoms with van der Waals surface area (Å²) in [6.45, 7) is 4.98. The molecule has 19 heavy (non-hydrogen) atoms. The van der Waals surface area contributed by atoms with E-state index < -0.39 is 0 Å². The predicted octanol–water partition coefficient (Wildman–Crippen LogP) is 3.31. The fraction of sp³-hybridized carbons (Fsp3) is 0.333. The van der Waals surface area contributed by atoms with E-state index >= 15 is 0 Å². The Balaban J connectivity index is 2.01. The molecule has 0 saturated carbocycles. The van der Waals surface area contributed by atoms with E-state index in [2.05, 4.69) is 36.3 Å². The van der Waals surface area contributed by atoms with Crippen LogP contribution in [0.2, 0.25) is 0 Å². The summed E-state index contributed by atoms with van der Waals surface area (Å²) >= 11 is 1.43. The normalized spacial score (nSPS) is 12.4. The topological polar surface area (TPSA) is 42.0 Å². The third-order valence-corrected chi connectivity index (χ3v) is 3.77. The summed E-state index contributed by atoms with van der Waals surface area (Å²) in [6.07, 6.45) is 0. The average Bonchev–Trinajstić information content (AvgIpc) is 2.93. The highest BCUT2D eigenvalue weighted by Crippen LogP contribution is 2.23. The van der Waals surface area contributed by atoms with Gasteiger partial charge in [-0.15, -0.1) is 11.3 Å². The first-order chi connectivity index (χ1) is 9.18. The number of hydrogen-bond acceptors (Lipinski definition) is 3. The number of nitrogens with one attached hydrogen (secondary N) is 1. The Morgan fingerprint density at radius 3 is 2.63 bits per heavy atom. The standard InChI is InChI=1S/C15H18N2OS/c1-11(2)13(12-6-4-3-5-7-12)8-16-15(18)14-9-19-10-17-14/h3-7,9-11,13H,8H2,1-2H3,(H,16,18). The average molecular weight is 274 g/mol. The molecule has 1 heterocycles. The van der Waals surface area contributed by atoms with Crippen molar-refractivity contribution < 1.29 is 4.79 Å². The lowest BCUT2D eigenvalue weighted by molar-refractivity contribution is 0.0945. The van der Waals surface area contributed by atoms with Crippen LogP contribution >= 0.6 is 11.3 Å². The molecule has 0 fully saturated rings. The molecule has 0 bridgehead atoms. The zero-order chi connectivity index (χ0) is 13.7. The van der Waals surface area contributed by atoms with Crippen molar-refractivity contribution in [2.45, 2.75) is 19.8 Å². The Morgan fingerprint density at radius 2 is 2.05 bits per heavy atom. The van der Waals surface area contributed by atoms with Crippen LogP contribution < -0.4 is 5.32 Å². The lowest BCUT2D eigenvalue weighted by Crippen LogP contribution is -2.30. The number of thiazole rings is 1. The van der Waals surface area contributed by atoms with Crippen molar-refractivity contribution in [2.75, 3.05) is 6.54 Å². The van der Waals surface area contributed by atoms with E-state index in [0.29, 0.717) is 24.1 Å². The van der Waals surface area contributed by atoms with Crippen LogP contribution in [0, 0.1) is 5.92 Å². The Hall–Kier alpha value is -1.68. The first kappa shape index (κ1) is 13.7. The minimum atomic E-state index is -0.0946. The lowest BCUT2D eigenvalue weighted by Gasteiger charge is -2.21. The Labute approximate surface area is 117 Å². The molecule has 100 valence electrons. The molecule has 1 aromatic heterocycles. The van der Waals surface area contributed by atoms with E-state index in [1.54, 1.807) is 10.9 Å². The lowest BCUT2D eigenvalue weighted by atomic mass is 9.88. The summed E-state index contributed by atoms with van der Waals surface area (Å²) in [4.78, 5) is 15.9. The first-order valence-corrected chi connectivity index (χ1v) is 7.34. The monoisotopic (exact) mass is 274 g/mol. The maximum absolute atomic E-state index is 11.9. The fourth-order valence-corrected chi connectivity index (χ4v) is 2.59. The molecule has 0 aliphatic heterocycles. The summed E-state index contributed by atoms with van der Waals surface area (Å²) in [7, 11) is 0. The second-order valence-corrected chi connectivity index (χ2v) is 5.56. The number of aromatic nitrogens is 1. The van der Waals surface area contributed by atoms with Crippen molar-refractivity contribution in [1.82, 2.24) is 10.3 Å². The Bertz CT molecular complexity index is 508. The van der Waals surface area contributed by atoms with Crippen molar-refractivity contribution in [3.05, 3.63) is 52.5 Å². The fourth-order valence-electron chi connectivity index (χ4n) is 2.06. The zero-order valence-corrected chi connectivity index (χ0v) is 12.0. The maximum Gasteiger partial charge on any atom is 0.270 e. The molecule has 0 saturated heterocycles. The molecule has 4 heteroatoms. The van der Waals surface area contributed by atoms with Gasteiger partial charge in [0.1, 0.15) is 5.69 Å². The van der Waals surface area contributed by atoms with Crippen LogP contribution in [0.5, 0.6) is 0 Å². The second-order valence-electron chi connectivity index (χ2n) is 4.84. The van der Waals surface area contributed by atoms with Crippen LogP contribution in [0.4, 0.5) is 0 Å². The minimum absolute atomic E-state index is 0.0946. The Morgan fingerprint density at radius 1 is 1.32 bits per heavy atom. The van der Waals surface area contributed by atoms with Crippen molar-refractivity contribution in [1.29, 1.82) is 0 Å². The van der Waals surface area contributed by atoms with Gasteiger partial charge in [0, 0.05) is 17.8 Å².